The minimum atomic E-state index is -4.16. The Kier molecular flexibility index (Phi) is 4.09. The van der Waals surface area contributed by atoms with Crippen LogP contribution in [0, 0.1) is 0 Å². The highest BCUT2D eigenvalue weighted by atomic mass is 19.4. The Hall–Kier alpha value is -1.33. The lowest BCUT2D eigenvalue weighted by atomic mass is 10.2. The van der Waals surface area contributed by atoms with Crippen molar-refractivity contribution in [3.05, 3.63) is 18.1 Å². The number of nitrogens with one attached hydrogen (secondary N) is 1. The smallest absolute Gasteiger partial charge is 0.367 e. The SMILES string of the molecule is CCc1cc(NC(C)CC(F)(F)F)ncn1. The van der Waals surface area contributed by atoms with Crippen molar-refractivity contribution in [2.24, 2.45) is 0 Å². The van der Waals surface area contributed by atoms with Crippen LogP contribution in [0.3, 0.4) is 0 Å². The summed E-state index contributed by atoms with van der Waals surface area (Å²) in [5, 5.41) is 2.70. The van der Waals surface area contributed by atoms with Crippen molar-refractivity contribution in [1.82, 2.24) is 9.97 Å². The van der Waals surface area contributed by atoms with Crippen LogP contribution in [0.5, 0.6) is 0 Å². The predicted octanol–water partition coefficient (Wildman–Crippen LogP) is 2.79. The molecule has 1 heterocycles. The van der Waals surface area contributed by atoms with E-state index in [1.165, 1.54) is 13.3 Å². The van der Waals surface area contributed by atoms with Gasteiger partial charge in [-0.25, -0.2) is 9.97 Å². The zero-order valence-corrected chi connectivity index (χ0v) is 9.17. The maximum atomic E-state index is 12.1. The van der Waals surface area contributed by atoms with E-state index in [-0.39, 0.29) is 0 Å². The van der Waals surface area contributed by atoms with Gasteiger partial charge in [0, 0.05) is 17.8 Å². The zero-order valence-electron chi connectivity index (χ0n) is 9.17. The fraction of sp³-hybridized carbons (Fsp3) is 0.600. The van der Waals surface area contributed by atoms with Crippen molar-refractivity contribution in [2.75, 3.05) is 5.32 Å². The van der Waals surface area contributed by atoms with E-state index in [2.05, 4.69) is 15.3 Å². The molecule has 3 nitrogen and oxygen atoms in total. The standard InChI is InChI=1S/C10H14F3N3/c1-3-8-4-9(15-6-14-8)16-7(2)5-10(11,12)13/h4,6-7H,3,5H2,1-2H3,(H,14,15,16). The first-order valence-electron chi connectivity index (χ1n) is 5.05. The van der Waals surface area contributed by atoms with Crippen molar-refractivity contribution in [3.63, 3.8) is 0 Å². The summed E-state index contributed by atoms with van der Waals surface area (Å²) in [6.45, 7) is 3.40. The molecule has 1 aromatic rings. The van der Waals surface area contributed by atoms with Gasteiger partial charge in [-0.15, -0.1) is 0 Å². The van der Waals surface area contributed by atoms with Crippen LogP contribution in [0.4, 0.5) is 19.0 Å². The summed E-state index contributed by atoms with van der Waals surface area (Å²) in [5.74, 6) is 0.434. The number of anilines is 1. The Morgan fingerprint density at radius 3 is 2.62 bits per heavy atom. The summed E-state index contributed by atoms with van der Waals surface area (Å²) in [6, 6.07) is 0.965. The quantitative estimate of drug-likeness (QED) is 0.868. The Labute approximate surface area is 92.1 Å². The molecule has 0 spiro atoms. The lowest BCUT2D eigenvalue weighted by Gasteiger charge is -2.16. The molecule has 0 bridgehead atoms. The molecule has 0 fully saturated rings. The van der Waals surface area contributed by atoms with Crippen LogP contribution in [0.15, 0.2) is 12.4 Å². The summed E-state index contributed by atoms with van der Waals surface area (Å²) in [6.07, 6.45) is -2.96. The van der Waals surface area contributed by atoms with Crippen molar-refractivity contribution in [3.8, 4) is 0 Å². The second-order valence-corrected chi connectivity index (χ2v) is 3.61. The van der Waals surface area contributed by atoms with Crippen molar-refractivity contribution in [1.29, 1.82) is 0 Å². The van der Waals surface area contributed by atoms with Crippen LogP contribution >= 0.6 is 0 Å². The maximum Gasteiger partial charge on any atom is 0.391 e. The van der Waals surface area contributed by atoms with E-state index < -0.39 is 18.6 Å². The summed E-state index contributed by atoms with van der Waals surface area (Å²) in [7, 11) is 0. The van der Waals surface area contributed by atoms with Gasteiger partial charge in [0.15, 0.2) is 0 Å². The van der Waals surface area contributed by atoms with Gasteiger partial charge < -0.3 is 5.32 Å². The molecule has 1 unspecified atom stereocenters. The summed E-state index contributed by atoms with van der Waals surface area (Å²) in [4.78, 5) is 7.83. The number of halogens is 3. The number of aromatic nitrogens is 2. The average molecular weight is 233 g/mol. The molecule has 0 aromatic carbocycles. The van der Waals surface area contributed by atoms with E-state index in [0.717, 1.165) is 12.1 Å². The minimum absolute atomic E-state index is 0.434. The van der Waals surface area contributed by atoms with Crippen LogP contribution in [0.1, 0.15) is 26.0 Å². The monoisotopic (exact) mass is 233 g/mol. The first-order chi connectivity index (χ1) is 7.40. The predicted molar refractivity (Wildman–Crippen MR) is 55.2 cm³/mol. The highest BCUT2D eigenvalue weighted by Crippen LogP contribution is 2.22. The Morgan fingerprint density at radius 1 is 1.38 bits per heavy atom. The Bertz CT molecular complexity index is 338. The van der Waals surface area contributed by atoms with Crippen LogP contribution in [-0.4, -0.2) is 22.2 Å². The maximum absolute atomic E-state index is 12.1. The van der Waals surface area contributed by atoms with E-state index in [0.29, 0.717) is 5.82 Å². The van der Waals surface area contributed by atoms with Gasteiger partial charge in [-0.3, -0.25) is 0 Å². The molecule has 0 radical (unpaired) electrons. The molecule has 0 aliphatic rings. The molecule has 16 heavy (non-hydrogen) atoms. The van der Waals surface area contributed by atoms with E-state index in [1.807, 2.05) is 6.92 Å². The molecular weight excluding hydrogens is 219 g/mol. The second kappa shape index (κ2) is 5.14. The van der Waals surface area contributed by atoms with Crippen molar-refractivity contribution >= 4 is 5.82 Å². The molecule has 0 aliphatic carbocycles. The lowest BCUT2D eigenvalue weighted by molar-refractivity contribution is -0.136. The number of alkyl halides is 3. The molecule has 0 amide bonds. The molecule has 1 rings (SSSR count). The first kappa shape index (κ1) is 12.7. The largest absolute Gasteiger partial charge is 0.391 e. The van der Waals surface area contributed by atoms with Gasteiger partial charge in [-0.2, -0.15) is 13.2 Å². The molecule has 1 N–H and O–H groups in total. The third kappa shape index (κ3) is 4.46. The highest BCUT2D eigenvalue weighted by molar-refractivity contribution is 5.35. The topological polar surface area (TPSA) is 37.8 Å². The molecule has 90 valence electrons. The van der Waals surface area contributed by atoms with Gasteiger partial charge in [0.05, 0.1) is 6.42 Å². The molecule has 6 heteroatoms. The van der Waals surface area contributed by atoms with E-state index in [1.54, 1.807) is 6.07 Å². The van der Waals surface area contributed by atoms with Crippen molar-refractivity contribution in [2.45, 2.75) is 38.9 Å². The number of nitrogens with zero attached hydrogens (tertiary/aromatic N) is 2. The van der Waals surface area contributed by atoms with Crippen LogP contribution in [-0.2, 0) is 6.42 Å². The van der Waals surface area contributed by atoms with E-state index in [4.69, 9.17) is 0 Å². The number of hydrogen-bond donors (Lipinski definition) is 1. The van der Waals surface area contributed by atoms with Gasteiger partial charge >= 0.3 is 6.18 Å². The molecule has 1 aromatic heterocycles. The van der Waals surface area contributed by atoms with E-state index >= 15 is 0 Å². The molecule has 1 atom stereocenters. The van der Waals surface area contributed by atoms with Gasteiger partial charge in [-0.1, -0.05) is 6.92 Å². The second-order valence-electron chi connectivity index (χ2n) is 3.61. The lowest BCUT2D eigenvalue weighted by Crippen LogP contribution is -2.24. The third-order valence-electron chi connectivity index (χ3n) is 2.02. The van der Waals surface area contributed by atoms with Crippen LogP contribution < -0.4 is 5.32 Å². The van der Waals surface area contributed by atoms with E-state index in [9.17, 15) is 13.2 Å². The Balaban J connectivity index is 2.59. The third-order valence-corrected chi connectivity index (χ3v) is 2.02. The van der Waals surface area contributed by atoms with Gasteiger partial charge in [-0.05, 0) is 13.3 Å². The fourth-order valence-electron chi connectivity index (χ4n) is 1.32. The summed E-state index contributed by atoms with van der Waals surface area (Å²) < 4.78 is 36.2. The average Bonchev–Trinajstić information content (AvgIpc) is 2.15. The molecule has 0 saturated heterocycles. The fourth-order valence-corrected chi connectivity index (χ4v) is 1.32. The summed E-state index contributed by atoms with van der Waals surface area (Å²) in [5.41, 5.74) is 0.803. The number of hydrogen-bond acceptors (Lipinski definition) is 3. The highest BCUT2D eigenvalue weighted by Gasteiger charge is 2.29. The molecular formula is C10H14F3N3. The normalized spacial score (nSPS) is 13.6. The van der Waals surface area contributed by atoms with Gasteiger partial charge in [0.1, 0.15) is 12.1 Å². The number of aryl methyl sites for hydroxylation is 1. The first-order valence-corrected chi connectivity index (χ1v) is 5.05. The number of rotatable bonds is 4. The zero-order chi connectivity index (χ0) is 12.2. The van der Waals surface area contributed by atoms with Gasteiger partial charge in [0.2, 0.25) is 0 Å². The Morgan fingerprint density at radius 2 is 2.06 bits per heavy atom. The minimum Gasteiger partial charge on any atom is -0.367 e. The van der Waals surface area contributed by atoms with Crippen LogP contribution in [0.25, 0.3) is 0 Å². The van der Waals surface area contributed by atoms with Crippen molar-refractivity contribution < 1.29 is 13.2 Å². The van der Waals surface area contributed by atoms with Crippen LogP contribution in [0.2, 0.25) is 0 Å². The molecule has 0 aliphatic heterocycles. The molecule has 0 saturated carbocycles. The van der Waals surface area contributed by atoms with Gasteiger partial charge in [0.25, 0.3) is 0 Å². The summed E-state index contributed by atoms with van der Waals surface area (Å²) >= 11 is 0.